The van der Waals surface area contributed by atoms with Gasteiger partial charge in [-0.05, 0) is 24.1 Å². The maximum absolute atomic E-state index is 6.16. The van der Waals surface area contributed by atoms with E-state index in [4.69, 9.17) is 17.3 Å². The van der Waals surface area contributed by atoms with Gasteiger partial charge in [0.15, 0.2) is 11.6 Å². The van der Waals surface area contributed by atoms with E-state index in [0.29, 0.717) is 35.3 Å². The molecule has 0 aliphatic carbocycles. The molecule has 1 N–H and O–H groups in total. The third kappa shape index (κ3) is 4.64. The molecule has 0 saturated carbocycles. The van der Waals surface area contributed by atoms with Crippen molar-refractivity contribution < 1.29 is 9.47 Å². The van der Waals surface area contributed by atoms with Crippen molar-refractivity contribution in [3.63, 3.8) is 0 Å². The highest BCUT2D eigenvalue weighted by Gasteiger charge is 2.29. The SMILES string of the molecule is [B]/C(=C/CC)C(=C)C1COc2cnc(Nc3ccc(N(C=C)C=C)c(OC)c3)nc2N1C. The number of hydrogen-bond acceptors (Lipinski definition) is 7. The van der Waals surface area contributed by atoms with E-state index >= 15 is 0 Å². The minimum atomic E-state index is -0.115. The summed E-state index contributed by atoms with van der Waals surface area (Å²) in [4.78, 5) is 12.8. The molecule has 2 heterocycles. The number of hydrogen-bond donors (Lipinski definition) is 1. The summed E-state index contributed by atoms with van der Waals surface area (Å²) < 4.78 is 11.4. The molecule has 0 saturated heterocycles. The van der Waals surface area contributed by atoms with Gasteiger partial charge in [0, 0.05) is 31.2 Å². The van der Waals surface area contributed by atoms with Crippen LogP contribution in [0.4, 0.5) is 23.1 Å². The van der Waals surface area contributed by atoms with Crippen LogP contribution < -0.4 is 24.6 Å². The third-order valence-electron chi connectivity index (χ3n) is 5.24. The smallest absolute Gasteiger partial charge is 0.229 e. The number of nitrogens with zero attached hydrogens (tertiary/aromatic N) is 4. The second-order valence-corrected chi connectivity index (χ2v) is 7.20. The summed E-state index contributed by atoms with van der Waals surface area (Å²) in [6.07, 6.45) is 7.78. The summed E-state index contributed by atoms with van der Waals surface area (Å²) in [5.41, 5.74) is 3.07. The fourth-order valence-corrected chi connectivity index (χ4v) is 3.45. The van der Waals surface area contributed by atoms with Crippen LogP contribution in [0.3, 0.4) is 0 Å². The number of methoxy groups -OCH3 is 1. The van der Waals surface area contributed by atoms with Crippen LogP contribution in [0.1, 0.15) is 13.3 Å². The standard InChI is InChI=1S/C24H28BN5O2/c1-7-10-18(25)16(4)20-15-32-22-14-26-24(28-23(22)29(20)5)27-17-11-12-19(21(13-17)31-6)30(8-2)9-3/h8-14,20H,2-4,7,15H2,1,5-6H3,(H,26,27,28)/b18-10+. The molecule has 1 aliphatic rings. The van der Waals surface area contributed by atoms with Crippen molar-refractivity contribution in [2.45, 2.75) is 19.4 Å². The van der Waals surface area contributed by atoms with Gasteiger partial charge in [0.05, 0.1) is 25.0 Å². The molecule has 0 amide bonds. The summed E-state index contributed by atoms with van der Waals surface area (Å²) in [7, 11) is 9.72. The van der Waals surface area contributed by atoms with Gasteiger partial charge in [-0.3, -0.25) is 0 Å². The monoisotopic (exact) mass is 429 g/mol. The Morgan fingerprint density at radius 3 is 2.81 bits per heavy atom. The first-order valence-electron chi connectivity index (χ1n) is 10.3. The highest BCUT2D eigenvalue weighted by molar-refractivity contribution is 6.24. The Kier molecular flexibility index (Phi) is 7.25. The number of rotatable bonds is 9. The lowest BCUT2D eigenvalue weighted by molar-refractivity contribution is 0.279. The molecule has 2 aromatic rings. The number of ether oxygens (including phenoxy) is 2. The highest BCUT2D eigenvalue weighted by atomic mass is 16.5. The Morgan fingerprint density at radius 2 is 2.16 bits per heavy atom. The topological polar surface area (TPSA) is 62.8 Å². The van der Waals surface area contributed by atoms with Gasteiger partial charge in [0.25, 0.3) is 0 Å². The molecule has 1 aromatic carbocycles. The van der Waals surface area contributed by atoms with Crippen molar-refractivity contribution in [2.75, 3.05) is 35.9 Å². The van der Waals surface area contributed by atoms with Crippen LogP contribution in [-0.2, 0) is 0 Å². The molecule has 7 nitrogen and oxygen atoms in total. The zero-order valence-electron chi connectivity index (χ0n) is 18.8. The van der Waals surface area contributed by atoms with E-state index in [0.717, 1.165) is 23.4 Å². The highest BCUT2D eigenvalue weighted by Crippen LogP contribution is 2.36. The van der Waals surface area contributed by atoms with Crippen LogP contribution in [-0.4, -0.2) is 44.6 Å². The number of allylic oxidation sites excluding steroid dienone is 1. The molecule has 1 aliphatic heterocycles. The molecule has 32 heavy (non-hydrogen) atoms. The molecule has 0 fully saturated rings. The summed E-state index contributed by atoms with van der Waals surface area (Å²) in [5, 5.41) is 3.23. The molecule has 164 valence electrons. The predicted octanol–water partition coefficient (Wildman–Crippen LogP) is 4.54. The lowest BCUT2D eigenvalue weighted by Gasteiger charge is -2.36. The lowest BCUT2D eigenvalue weighted by atomic mass is 9.84. The van der Waals surface area contributed by atoms with Crippen molar-refractivity contribution in [2.24, 2.45) is 0 Å². The molecular formula is C24H28BN5O2. The molecule has 2 radical (unpaired) electrons. The van der Waals surface area contributed by atoms with Gasteiger partial charge in [-0.15, -0.1) is 0 Å². The molecule has 3 rings (SSSR count). The zero-order chi connectivity index (χ0) is 23.3. The quantitative estimate of drug-likeness (QED) is 0.464. The third-order valence-corrected chi connectivity index (χ3v) is 5.24. The maximum Gasteiger partial charge on any atom is 0.229 e. The summed E-state index contributed by atoms with van der Waals surface area (Å²) in [6, 6.07) is 5.55. The summed E-state index contributed by atoms with van der Waals surface area (Å²) in [5.74, 6) is 2.36. The van der Waals surface area contributed by atoms with Crippen molar-refractivity contribution in [1.29, 1.82) is 0 Å². The van der Waals surface area contributed by atoms with Crippen LogP contribution in [0.2, 0.25) is 0 Å². The molecule has 1 atom stereocenters. The molecule has 1 aromatic heterocycles. The normalized spacial score (nSPS) is 15.3. The average molecular weight is 429 g/mol. The number of likely N-dealkylation sites (N-methyl/N-ethyl adjacent to an activating group) is 1. The van der Waals surface area contributed by atoms with Crippen LogP contribution in [0.15, 0.2) is 73.7 Å². The first kappa shape index (κ1) is 23.0. The van der Waals surface area contributed by atoms with Gasteiger partial charge in [0.1, 0.15) is 20.2 Å². The number of aromatic nitrogens is 2. The van der Waals surface area contributed by atoms with Crippen molar-refractivity contribution >= 4 is 31.0 Å². The first-order valence-corrected chi connectivity index (χ1v) is 10.3. The van der Waals surface area contributed by atoms with E-state index in [9.17, 15) is 0 Å². The largest absolute Gasteiger partial charge is 0.494 e. The first-order chi connectivity index (χ1) is 15.4. The van der Waals surface area contributed by atoms with Gasteiger partial charge in [-0.25, -0.2) is 4.98 Å². The zero-order valence-corrected chi connectivity index (χ0v) is 18.8. The van der Waals surface area contributed by atoms with Crippen molar-refractivity contribution in [1.82, 2.24) is 9.97 Å². The molecule has 1 unspecified atom stereocenters. The number of anilines is 4. The summed E-state index contributed by atoms with van der Waals surface area (Å²) in [6.45, 7) is 14.2. The maximum atomic E-state index is 6.16. The van der Waals surface area contributed by atoms with Crippen LogP contribution >= 0.6 is 0 Å². The van der Waals surface area contributed by atoms with Gasteiger partial charge >= 0.3 is 0 Å². The minimum Gasteiger partial charge on any atom is -0.494 e. The Bertz CT molecular complexity index is 1040. The van der Waals surface area contributed by atoms with E-state index in [2.05, 4.69) is 35.0 Å². The van der Waals surface area contributed by atoms with E-state index in [1.807, 2.05) is 43.1 Å². The Labute approximate surface area is 191 Å². The van der Waals surface area contributed by atoms with Gasteiger partial charge < -0.3 is 24.6 Å². The van der Waals surface area contributed by atoms with E-state index < -0.39 is 0 Å². The van der Waals surface area contributed by atoms with E-state index in [-0.39, 0.29) is 6.04 Å². The Morgan fingerprint density at radius 1 is 1.41 bits per heavy atom. The number of nitrogens with one attached hydrogen (secondary N) is 1. The number of benzene rings is 1. The lowest BCUT2D eigenvalue weighted by Crippen LogP contribution is -2.42. The second-order valence-electron chi connectivity index (χ2n) is 7.20. The van der Waals surface area contributed by atoms with E-state index in [1.165, 1.54) is 0 Å². The Hall–Kier alpha value is -3.68. The molecule has 0 spiro atoms. The number of fused-ring (bicyclic) bond motifs is 1. The molecule has 0 bridgehead atoms. The van der Waals surface area contributed by atoms with Crippen LogP contribution in [0.5, 0.6) is 11.5 Å². The van der Waals surface area contributed by atoms with Crippen LogP contribution in [0.25, 0.3) is 0 Å². The van der Waals surface area contributed by atoms with Crippen molar-refractivity contribution in [3.8, 4) is 11.5 Å². The predicted molar refractivity (Wildman–Crippen MR) is 132 cm³/mol. The van der Waals surface area contributed by atoms with Gasteiger partial charge in [-0.1, -0.05) is 38.2 Å². The minimum absolute atomic E-state index is 0.115. The summed E-state index contributed by atoms with van der Waals surface area (Å²) >= 11 is 0. The second kappa shape index (κ2) is 10.1. The fraction of sp³-hybridized carbons (Fsp3) is 0.250. The van der Waals surface area contributed by atoms with Gasteiger partial charge in [0.2, 0.25) is 5.95 Å². The fourth-order valence-electron chi connectivity index (χ4n) is 3.45. The van der Waals surface area contributed by atoms with E-state index in [1.54, 1.807) is 30.6 Å². The van der Waals surface area contributed by atoms with Crippen LogP contribution in [0, 0.1) is 0 Å². The molecule has 8 heteroatoms. The molecular weight excluding hydrogens is 401 g/mol. The van der Waals surface area contributed by atoms with Gasteiger partial charge in [-0.2, -0.15) is 4.98 Å². The van der Waals surface area contributed by atoms with Crippen molar-refractivity contribution in [3.05, 3.63) is 73.7 Å². The Balaban J connectivity index is 1.85. The average Bonchev–Trinajstić information content (AvgIpc) is 2.81.